The first-order chi connectivity index (χ1) is 8.83. The first-order valence-corrected chi connectivity index (χ1v) is 6.90. The van der Waals surface area contributed by atoms with E-state index in [1.165, 1.54) is 0 Å². The van der Waals surface area contributed by atoms with Crippen molar-refractivity contribution in [3.63, 3.8) is 0 Å². The van der Waals surface area contributed by atoms with Crippen LogP contribution in [0, 0.1) is 0 Å². The molecule has 1 aliphatic rings. The molecule has 2 aromatic rings. The van der Waals surface area contributed by atoms with Gasteiger partial charge in [0.05, 0.1) is 5.69 Å². The highest BCUT2D eigenvalue weighted by Crippen LogP contribution is 2.37. The number of amides is 1. The maximum Gasteiger partial charge on any atom is 0.258 e. The Bertz CT molecular complexity index is 603. The summed E-state index contributed by atoms with van der Waals surface area (Å²) in [6.07, 6.45) is 2.04. The van der Waals surface area contributed by atoms with Gasteiger partial charge in [0.1, 0.15) is 0 Å². The zero-order valence-electron chi connectivity index (χ0n) is 10.1. The zero-order valence-corrected chi connectivity index (χ0v) is 11.0. The van der Waals surface area contributed by atoms with Crippen LogP contribution in [0.25, 0.3) is 10.8 Å². The van der Waals surface area contributed by atoms with Gasteiger partial charge in [0, 0.05) is 17.5 Å². The number of anilines is 1. The number of unbranched alkanes of at least 4 members (excludes halogenated alkanes) is 1. The molecule has 0 N–H and O–H groups in total. The summed E-state index contributed by atoms with van der Waals surface area (Å²) < 4.78 is 0. The maximum absolute atomic E-state index is 12.4. The largest absolute Gasteiger partial charge is 0.308 e. The van der Waals surface area contributed by atoms with Crippen molar-refractivity contribution < 1.29 is 4.79 Å². The van der Waals surface area contributed by atoms with Crippen molar-refractivity contribution in [2.75, 3.05) is 17.2 Å². The predicted octanol–water partition coefficient (Wildman–Crippen LogP) is 3.51. The van der Waals surface area contributed by atoms with Gasteiger partial charge < -0.3 is 4.90 Å². The van der Waals surface area contributed by atoms with E-state index in [4.69, 9.17) is 0 Å². The monoisotopic (exact) mass is 257 g/mol. The molecule has 3 heteroatoms. The minimum absolute atomic E-state index is 0.140. The summed E-state index contributed by atoms with van der Waals surface area (Å²) in [5, 5.41) is 2.26. The third-order valence-corrected chi connectivity index (χ3v) is 3.76. The Morgan fingerprint density at radius 3 is 2.61 bits per heavy atom. The molecule has 0 saturated heterocycles. The van der Waals surface area contributed by atoms with E-state index in [0.717, 1.165) is 47.2 Å². The summed E-state index contributed by atoms with van der Waals surface area (Å²) in [6.45, 7) is 0.785. The Labute approximate surface area is 112 Å². The summed E-state index contributed by atoms with van der Waals surface area (Å²) in [5.74, 6) is 1.01. The van der Waals surface area contributed by atoms with E-state index >= 15 is 0 Å². The molecule has 18 heavy (non-hydrogen) atoms. The maximum atomic E-state index is 12.4. The van der Waals surface area contributed by atoms with E-state index in [1.807, 2.05) is 29.2 Å². The Hall–Kier alpha value is -1.48. The SMILES string of the molecule is O=C1c2cccc3cccc(c23)N1CCCCS. The third-order valence-electron chi connectivity index (χ3n) is 3.44. The van der Waals surface area contributed by atoms with Crippen molar-refractivity contribution in [3.05, 3.63) is 42.0 Å². The van der Waals surface area contributed by atoms with Gasteiger partial charge in [-0.05, 0) is 36.1 Å². The molecule has 0 aliphatic carbocycles. The molecule has 0 atom stereocenters. The topological polar surface area (TPSA) is 20.3 Å². The fraction of sp³-hybridized carbons (Fsp3) is 0.267. The normalized spacial score (nSPS) is 13.6. The fourth-order valence-corrected chi connectivity index (χ4v) is 2.81. The van der Waals surface area contributed by atoms with E-state index in [9.17, 15) is 4.79 Å². The van der Waals surface area contributed by atoms with Gasteiger partial charge in [0.25, 0.3) is 5.91 Å². The minimum Gasteiger partial charge on any atom is -0.308 e. The van der Waals surface area contributed by atoms with E-state index in [2.05, 4.69) is 24.8 Å². The molecule has 0 spiro atoms. The van der Waals surface area contributed by atoms with Crippen LogP contribution in [0.5, 0.6) is 0 Å². The molecular formula is C15H15NOS. The van der Waals surface area contributed by atoms with E-state index < -0.39 is 0 Å². The lowest BCUT2D eigenvalue weighted by molar-refractivity contribution is 0.0993. The van der Waals surface area contributed by atoms with Gasteiger partial charge in [-0.15, -0.1) is 0 Å². The minimum atomic E-state index is 0.140. The first-order valence-electron chi connectivity index (χ1n) is 6.27. The number of hydrogen-bond acceptors (Lipinski definition) is 2. The Morgan fingerprint density at radius 1 is 1.06 bits per heavy atom. The number of rotatable bonds is 4. The van der Waals surface area contributed by atoms with Crippen LogP contribution < -0.4 is 4.90 Å². The number of carbonyl (C=O) groups excluding carboxylic acids is 1. The van der Waals surface area contributed by atoms with Gasteiger partial charge in [0.15, 0.2) is 0 Å². The van der Waals surface area contributed by atoms with Crippen molar-refractivity contribution in [3.8, 4) is 0 Å². The van der Waals surface area contributed by atoms with Crippen LogP contribution in [0.4, 0.5) is 5.69 Å². The second-order valence-corrected chi connectivity index (χ2v) is 5.02. The molecule has 1 aliphatic heterocycles. The highest BCUT2D eigenvalue weighted by atomic mass is 32.1. The average Bonchev–Trinajstić information content (AvgIpc) is 2.67. The lowest BCUT2D eigenvalue weighted by Crippen LogP contribution is -2.27. The molecule has 0 bridgehead atoms. The van der Waals surface area contributed by atoms with E-state index in [-0.39, 0.29) is 5.91 Å². The van der Waals surface area contributed by atoms with Crippen LogP contribution >= 0.6 is 12.6 Å². The predicted molar refractivity (Wildman–Crippen MR) is 78.7 cm³/mol. The second-order valence-electron chi connectivity index (χ2n) is 4.57. The van der Waals surface area contributed by atoms with Crippen molar-refractivity contribution in [1.82, 2.24) is 0 Å². The number of hydrogen-bond donors (Lipinski definition) is 1. The molecular weight excluding hydrogens is 242 g/mol. The van der Waals surface area contributed by atoms with E-state index in [1.54, 1.807) is 0 Å². The van der Waals surface area contributed by atoms with Crippen molar-refractivity contribution in [1.29, 1.82) is 0 Å². The van der Waals surface area contributed by atoms with Crippen LogP contribution in [-0.2, 0) is 0 Å². The number of nitrogens with zero attached hydrogens (tertiary/aromatic N) is 1. The molecule has 2 aromatic carbocycles. The molecule has 92 valence electrons. The molecule has 2 nitrogen and oxygen atoms in total. The van der Waals surface area contributed by atoms with Crippen LogP contribution in [0.15, 0.2) is 36.4 Å². The van der Waals surface area contributed by atoms with Gasteiger partial charge in [-0.3, -0.25) is 4.79 Å². The molecule has 1 amide bonds. The number of carbonyl (C=O) groups is 1. The fourth-order valence-electron chi connectivity index (χ4n) is 2.58. The van der Waals surface area contributed by atoms with Crippen LogP contribution in [0.3, 0.4) is 0 Å². The van der Waals surface area contributed by atoms with Crippen LogP contribution in [0.1, 0.15) is 23.2 Å². The third kappa shape index (κ3) is 1.70. The highest BCUT2D eigenvalue weighted by molar-refractivity contribution is 7.80. The summed E-state index contributed by atoms with van der Waals surface area (Å²) in [6, 6.07) is 12.1. The molecule has 1 heterocycles. The molecule has 0 radical (unpaired) electrons. The molecule has 0 aromatic heterocycles. The summed E-state index contributed by atoms with van der Waals surface area (Å²) in [7, 11) is 0. The zero-order chi connectivity index (χ0) is 12.5. The van der Waals surface area contributed by atoms with Gasteiger partial charge in [0.2, 0.25) is 0 Å². The standard InChI is InChI=1S/C15H15NOS/c17-15-12-7-3-5-11-6-4-8-13(14(11)12)16(15)9-1-2-10-18/h3-8,18H,1-2,9-10H2. The van der Waals surface area contributed by atoms with Gasteiger partial charge in [-0.2, -0.15) is 12.6 Å². The van der Waals surface area contributed by atoms with Crippen molar-refractivity contribution in [2.24, 2.45) is 0 Å². The van der Waals surface area contributed by atoms with Gasteiger partial charge in [-0.25, -0.2) is 0 Å². The molecule has 0 fully saturated rings. The van der Waals surface area contributed by atoms with Crippen molar-refractivity contribution in [2.45, 2.75) is 12.8 Å². The lowest BCUT2D eigenvalue weighted by atomic mass is 10.1. The Kier molecular flexibility index (Phi) is 3.00. The average molecular weight is 257 g/mol. The summed E-state index contributed by atoms with van der Waals surface area (Å²) in [4.78, 5) is 14.3. The smallest absolute Gasteiger partial charge is 0.258 e. The van der Waals surface area contributed by atoms with Crippen molar-refractivity contribution >= 4 is 35.0 Å². The summed E-state index contributed by atoms with van der Waals surface area (Å²) >= 11 is 4.21. The Morgan fingerprint density at radius 2 is 1.83 bits per heavy atom. The molecule has 0 saturated carbocycles. The number of thiol groups is 1. The van der Waals surface area contributed by atoms with Gasteiger partial charge >= 0.3 is 0 Å². The summed E-state index contributed by atoms with van der Waals surface area (Å²) in [5.41, 5.74) is 1.90. The van der Waals surface area contributed by atoms with Crippen LogP contribution in [0.2, 0.25) is 0 Å². The second kappa shape index (κ2) is 4.65. The highest BCUT2D eigenvalue weighted by Gasteiger charge is 2.28. The molecule has 3 rings (SSSR count). The first kappa shape index (κ1) is 11.6. The number of benzene rings is 2. The Balaban J connectivity index is 2.03. The van der Waals surface area contributed by atoms with E-state index in [0.29, 0.717) is 0 Å². The van der Waals surface area contributed by atoms with Crippen LogP contribution in [-0.4, -0.2) is 18.2 Å². The quantitative estimate of drug-likeness (QED) is 0.656. The molecule has 0 unspecified atom stereocenters. The van der Waals surface area contributed by atoms with Gasteiger partial charge in [-0.1, -0.05) is 24.3 Å². The lowest BCUT2D eigenvalue weighted by Gasteiger charge is -2.17.